The quantitative estimate of drug-likeness (QED) is 0.737. The lowest BCUT2D eigenvalue weighted by Gasteiger charge is -2.37. The van der Waals surface area contributed by atoms with E-state index in [1.165, 1.54) is 0 Å². The van der Waals surface area contributed by atoms with Gasteiger partial charge in [0.25, 0.3) is 0 Å². The van der Waals surface area contributed by atoms with Crippen LogP contribution in [0, 0.1) is 0 Å². The van der Waals surface area contributed by atoms with Gasteiger partial charge in [0.05, 0.1) is 5.41 Å². The summed E-state index contributed by atoms with van der Waals surface area (Å²) >= 11 is 5.87. The summed E-state index contributed by atoms with van der Waals surface area (Å²) in [6.45, 7) is 1.95. The van der Waals surface area contributed by atoms with Crippen molar-refractivity contribution in [2.24, 2.45) is 0 Å². The molecule has 1 saturated heterocycles. The monoisotopic (exact) mass is 237 g/mol. The Morgan fingerprint density at radius 1 is 1.25 bits per heavy atom. The lowest BCUT2D eigenvalue weighted by molar-refractivity contribution is -0.114. The van der Waals surface area contributed by atoms with Crippen LogP contribution in [0.15, 0.2) is 24.3 Å². The summed E-state index contributed by atoms with van der Waals surface area (Å²) in [6.07, 6.45) is 2.91. The number of rotatable bonds is 2. The van der Waals surface area contributed by atoms with Gasteiger partial charge in [-0.15, -0.1) is 0 Å². The number of piperidine rings is 1. The molecule has 0 aliphatic carbocycles. The first-order valence-corrected chi connectivity index (χ1v) is 5.95. The van der Waals surface area contributed by atoms with Crippen molar-refractivity contribution in [1.29, 1.82) is 0 Å². The third-order valence-corrected chi connectivity index (χ3v) is 3.78. The minimum Gasteiger partial charge on any atom is -0.306 e. The Balaban J connectivity index is 2.27. The van der Waals surface area contributed by atoms with Gasteiger partial charge in [0, 0.05) is 5.02 Å². The first-order valence-electron chi connectivity index (χ1n) is 5.57. The molecule has 1 aliphatic rings. The van der Waals surface area contributed by atoms with Gasteiger partial charge in [-0.25, -0.2) is 0 Å². The van der Waals surface area contributed by atoms with Gasteiger partial charge in [0.2, 0.25) is 0 Å². The van der Waals surface area contributed by atoms with Crippen LogP contribution in [0.2, 0.25) is 5.02 Å². The van der Waals surface area contributed by atoms with Crippen LogP contribution in [0.25, 0.3) is 0 Å². The van der Waals surface area contributed by atoms with E-state index in [0.29, 0.717) is 0 Å². The topological polar surface area (TPSA) is 20.3 Å². The standard InChI is InChI=1S/C13H16ClNO/c1-15-8-6-13(10-16,7-9-15)11-2-4-12(14)5-3-11/h2-5,10H,6-9H2,1H3. The number of hydrogen-bond donors (Lipinski definition) is 0. The Hall–Kier alpha value is -0.860. The maximum atomic E-state index is 11.4. The second kappa shape index (κ2) is 4.56. The highest BCUT2D eigenvalue weighted by Crippen LogP contribution is 2.33. The van der Waals surface area contributed by atoms with E-state index in [0.717, 1.165) is 42.8 Å². The van der Waals surface area contributed by atoms with Crippen LogP contribution in [-0.2, 0) is 10.2 Å². The fraction of sp³-hybridized carbons (Fsp3) is 0.462. The van der Waals surface area contributed by atoms with Crippen molar-refractivity contribution in [1.82, 2.24) is 4.90 Å². The molecule has 0 amide bonds. The molecule has 0 radical (unpaired) electrons. The Morgan fingerprint density at radius 3 is 2.31 bits per heavy atom. The first kappa shape index (κ1) is 11.6. The molecular formula is C13H16ClNO. The molecule has 0 bridgehead atoms. The largest absolute Gasteiger partial charge is 0.306 e. The molecule has 1 fully saturated rings. The summed E-state index contributed by atoms with van der Waals surface area (Å²) in [5, 5.41) is 0.720. The SMILES string of the molecule is CN1CCC(C=O)(c2ccc(Cl)cc2)CC1. The fourth-order valence-electron chi connectivity index (χ4n) is 2.27. The van der Waals surface area contributed by atoms with Crippen LogP contribution >= 0.6 is 11.6 Å². The number of carbonyl (C=O) groups excluding carboxylic acids is 1. The highest BCUT2D eigenvalue weighted by Gasteiger charge is 2.34. The first-order chi connectivity index (χ1) is 7.66. The van der Waals surface area contributed by atoms with Gasteiger partial charge < -0.3 is 9.69 Å². The average molecular weight is 238 g/mol. The van der Waals surface area contributed by atoms with Gasteiger partial charge in [0.1, 0.15) is 6.29 Å². The van der Waals surface area contributed by atoms with E-state index in [9.17, 15) is 4.79 Å². The van der Waals surface area contributed by atoms with E-state index in [4.69, 9.17) is 11.6 Å². The van der Waals surface area contributed by atoms with Crippen molar-refractivity contribution in [3.05, 3.63) is 34.9 Å². The molecule has 0 unspecified atom stereocenters. The minimum absolute atomic E-state index is 0.295. The highest BCUT2D eigenvalue weighted by atomic mass is 35.5. The predicted octanol–water partition coefficient (Wildman–Crippen LogP) is 2.50. The number of aldehydes is 1. The Labute approximate surface area is 101 Å². The molecule has 2 rings (SSSR count). The second-order valence-electron chi connectivity index (χ2n) is 4.58. The van der Waals surface area contributed by atoms with Crippen LogP contribution in [-0.4, -0.2) is 31.3 Å². The van der Waals surface area contributed by atoms with E-state index in [1.807, 2.05) is 24.3 Å². The molecule has 1 aromatic carbocycles. The molecule has 86 valence electrons. The van der Waals surface area contributed by atoms with Gasteiger partial charge in [-0.05, 0) is 50.7 Å². The summed E-state index contributed by atoms with van der Waals surface area (Å²) in [5.74, 6) is 0. The molecule has 2 nitrogen and oxygen atoms in total. The number of carbonyl (C=O) groups is 1. The van der Waals surface area contributed by atoms with Crippen LogP contribution in [0.3, 0.4) is 0 Å². The van der Waals surface area contributed by atoms with Gasteiger partial charge in [-0.2, -0.15) is 0 Å². The average Bonchev–Trinajstić information content (AvgIpc) is 2.32. The van der Waals surface area contributed by atoms with E-state index in [-0.39, 0.29) is 5.41 Å². The van der Waals surface area contributed by atoms with Crippen LogP contribution < -0.4 is 0 Å². The molecule has 1 heterocycles. The molecule has 0 spiro atoms. The maximum absolute atomic E-state index is 11.4. The fourth-order valence-corrected chi connectivity index (χ4v) is 2.40. The number of benzene rings is 1. The molecule has 0 N–H and O–H groups in total. The van der Waals surface area contributed by atoms with Gasteiger partial charge in [-0.1, -0.05) is 23.7 Å². The van der Waals surface area contributed by atoms with Crippen molar-refractivity contribution in [2.75, 3.05) is 20.1 Å². The van der Waals surface area contributed by atoms with E-state index in [2.05, 4.69) is 11.9 Å². The number of likely N-dealkylation sites (tertiary alicyclic amines) is 1. The lowest BCUT2D eigenvalue weighted by Crippen LogP contribution is -2.41. The molecule has 0 atom stereocenters. The van der Waals surface area contributed by atoms with Crippen molar-refractivity contribution >= 4 is 17.9 Å². The van der Waals surface area contributed by atoms with E-state index in [1.54, 1.807) is 0 Å². The van der Waals surface area contributed by atoms with E-state index >= 15 is 0 Å². The molecule has 0 saturated carbocycles. The molecule has 0 aromatic heterocycles. The molecule has 1 aliphatic heterocycles. The summed E-state index contributed by atoms with van der Waals surface area (Å²) in [5.41, 5.74) is 0.803. The van der Waals surface area contributed by atoms with Crippen LogP contribution in [0.1, 0.15) is 18.4 Å². The summed E-state index contributed by atoms with van der Waals surface area (Å²) < 4.78 is 0. The minimum atomic E-state index is -0.295. The zero-order chi connectivity index (χ0) is 11.6. The van der Waals surface area contributed by atoms with Crippen molar-refractivity contribution in [3.63, 3.8) is 0 Å². The maximum Gasteiger partial charge on any atom is 0.130 e. The summed E-state index contributed by atoms with van der Waals surface area (Å²) in [6, 6.07) is 7.67. The molecule has 1 aromatic rings. The molecular weight excluding hydrogens is 222 g/mol. The Kier molecular flexibility index (Phi) is 3.31. The van der Waals surface area contributed by atoms with Gasteiger partial charge in [-0.3, -0.25) is 0 Å². The zero-order valence-corrected chi connectivity index (χ0v) is 10.2. The molecule has 16 heavy (non-hydrogen) atoms. The molecule has 3 heteroatoms. The third kappa shape index (κ3) is 2.13. The van der Waals surface area contributed by atoms with Crippen LogP contribution in [0.5, 0.6) is 0 Å². The van der Waals surface area contributed by atoms with Crippen molar-refractivity contribution in [2.45, 2.75) is 18.3 Å². The summed E-state index contributed by atoms with van der Waals surface area (Å²) in [7, 11) is 2.09. The number of hydrogen-bond acceptors (Lipinski definition) is 2. The third-order valence-electron chi connectivity index (χ3n) is 3.52. The predicted molar refractivity (Wildman–Crippen MR) is 65.9 cm³/mol. The Bertz CT molecular complexity index is 366. The van der Waals surface area contributed by atoms with Gasteiger partial charge >= 0.3 is 0 Å². The van der Waals surface area contributed by atoms with E-state index < -0.39 is 0 Å². The van der Waals surface area contributed by atoms with Crippen molar-refractivity contribution in [3.8, 4) is 0 Å². The van der Waals surface area contributed by atoms with Crippen LogP contribution in [0.4, 0.5) is 0 Å². The number of halogens is 1. The van der Waals surface area contributed by atoms with Gasteiger partial charge in [0.15, 0.2) is 0 Å². The normalized spacial score (nSPS) is 20.6. The smallest absolute Gasteiger partial charge is 0.130 e. The highest BCUT2D eigenvalue weighted by molar-refractivity contribution is 6.30. The number of nitrogens with zero attached hydrogens (tertiary/aromatic N) is 1. The zero-order valence-electron chi connectivity index (χ0n) is 9.45. The van der Waals surface area contributed by atoms with Crippen molar-refractivity contribution < 1.29 is 4.79 Å². The lowest BCUT2D eigenvalue weighted by atomic mass is 9.74. The second-order valence-corrected chi connectivity index (χ2v) is 5.02. The Morgan fingerprint density at radius 2 is 1.81 bits per heavy atom. The summed E-state index contributed by atoms with van der Waals surface area (Å²) in [4.78, 5) is 13.7.